The summed E-state index contributed by atoms with van der Waals surface area (Å²) in [6.45, 7) is 4.12. The molecule has 1 aromatic heterocycles. The maximum Gasteiger partial charge on any atom is 0.352 e. The molecule has 2 rings (SSSR count). The highest BCUT2D eigenvalue weighted by molar-refractivity contribution is 6.31. The van der Waals surface area contributed by atoms with E-state index in [1.54, 1.807) is 10.8 Å². The number of rotatable bonds is 3. The Hall–Kier alpha value is -1.74. The molecular formula is C14H14ClNO2. The molecule has 0 aliphatic rings. The molecule has 0 atom stereocenters. The van der Waals surface area contributed by atoms with Crippen LogP contribution >= 0.6 is 11.6 Å². The molecule has 0 bridgehead atoms. The molecule has 4 heteroatoms. The minimum atomic E-state index is -0.987. The van der Waals surface area contributed by atoms with Crippen LogP contribution in [0.25, 0.3) is 5.69 Å². The van der Waals surface area contributed by atoms with Gasteiger partial charge in [0.1, 0.15) is 5.69 Å². The van der Waals surface area contributed by atoms with Gasteiger partial charge in [-0.2, -0.15) is 0 Å². The lowest BCUT2D eigenvalue weighted by atomic mass is 10.1. The lowest BCUT2D eigenvalue weighted by Crippen LogP contribution is -2.06. The van der Waals surface area contributed by atoms with Crippen LogP contribution in [0.15, 0.2) is 30.5 Å². The van der Waals surface area contributed by atoms with Gasteiger partial charge in [0.25, 0.3) is 0 Å². The molecule has 0 saturated heterocycles. The van der Waals surface area contributed by atoms with Gasteiger partial charge in [0.05, 0.1) is 5.02 Å². The van der Waals surface area contributed by atoms with E-state index in [9.17, 15) is 4.79 Å². The molecule has 18 heavy (non-hydrogen) atoms. The van der Waals surface area contributed by atoms with Crippen molar-refractivity contribution in [3.63, 3.8) is 0 Å². The monoisotopic (exact) mass is 263 g/mol. The van der Waals surface area contributed by atoms with Gasteiger partial charge >= 0.3 is 5.97 Å². The summed E-state index contributed by atoms with van der Waals surface area (Å²) in [5, 5.41) is 9.55. The third kappa shape index (κ3) is 2.27. The Kier molecular flexibility index (Phi) is 3.43. The molecule has 0 radical (unpaired) electrons. The van der Waals surface area contributed by atoms with E-state index in [1.807, 2.05) is 25.1 Å². The van der Waals surface area contributed by atoms with E-state index in [0.717, 1.165) is 17.7 Å². The summed E-state index contributed by atoms with van der Waals surface area (Å²) < 4.78 is 1.59. The zero-order chi connectivity index (χ0) is 13.3. The molecule has 0 fully saturated rings. The normalized spacial score (nSPS) is 10.6. The third-order valence-corrected chi connectivity index (χ3v) is 3.20. The van der Waals surface area contributed by atoms with Crippen LogP contribution in [0.3, 0.4) is 0 Å². The van der Waals surface area contributed by atoms with Crippen molar-refractivity contribution in [1.82, 2.24) is 4.57 Å². The SMILES string of the molecule is CCc1ccc(-n2cc(Cl)cc2C(=O)O)cc1C. The Balaban J connectivity index is 2.55. The molecule has 1 heterocycles. The van der Waals surface area contributed by atoms with Crippen molar-refractivity contribution in [2.24, 2.45) is 0 Å². The van der Waals surface area contributed by atoms with Gasteiger partial charge in [0.2, 0.25) is 0 Å². The van der Waals surface area contributed by atoms with E-state index >= 15 is 0 Å². The first-order chi connectivity index (χ1) is 8.52. The van der Waals surface area contributed by atoms with Crippen LogP contribution in [-0.2, 0) is 6.42 Å². The van der Waals surface area contributed by atoms with Gasteiger partial charge < -0.3 is 9.67 Å². The first-order valence-corrected chi connectivity index (χ1v) is 6.11. The Morgan fingerprint density at radius 3 is 2.67 bits per heavy atom. The van der Waals surface area contributed by atoms with Crippen LogP contribution < -0.4 is 0 Å². The van der Waals surface area contributed by atoms with Crippen molar-refractivity contribution in [2.45, 2.75) is 20.3 Å². The highest BCUT2D eigenvalue weighted by atomic mass is 35.5. The summed E-state index contributed by atoms with van der Waals surface area (Å²) in [6, 6.07) is 7.35. The van der Waals surface area contributed by atoms with Crippen molar-refractivity contribution >= 4 is 17.6 Å². The number of carbonyl (C=O) groups is 1. The second-order valence-corrected chi connectivity index (χ2v) is 4.62. The van der Waals surface area contributed by atoms with E-state index in [1.165, 1.54) is 11.6 Å². The Bertz CT molecular complexity index is 602. The summed E-state index contributed by atoms with van der Waals surface area (Å²) >= 11 is 5.87. The van der Waals surface area contributed by atoms with E-state index in [2.05, 4.69) is 6.92 Å². The second-order valence-electron chi connectivity index (χ2n) is 4.18. The van der Waals surface area contributed by atoms with Gasteiger partial charge in [-0.1, -0.05) is 24.6 Å². The number of aromatic nitrogens is 1. The predicted molar refractivity (Wildman–Crippen MR) is 71.9 cm³/mol. The zero-order valence-corrected chi connectivity index (χ0v) is 11.0. The molecule has 0 aliphatic carbocycles. The number of carboxylic acid groups (broad SMARTS) is 1. The summed E-state index contributed by atoms with van der Waals surface area (Å²) in [6.07, 6.45) is 2.58. The van der Waals surface area contributed by atoms with Crippen LogP contribution in [0.2, 0.25) is 5.02 Å². The first kappa shape index (κ1) is 12.7. The first-order valence-electron chi connectivity index (χ1n) is 5.74. The number of halogens is 1. The highest BCUT2D eigenvalue weighted by Crippen LogP contribution is 2.21. The number of hydrogen-bond donors (Lipinski definition) is 1. The van der Waals surface area contributed by atoms with Crippen molar-refractivity contribution in [3.05, 3.63) is 52.3 Å². The van der Waals surface area contributed by atoms with Crippen molar-refractivity contribution in [1.29, 1.82) is 0 Å². The number of benzene rings is 1. The Morgan fingerprint density at radius 2 is 2.11 bits per heavy atom. The van der Waals surface area contributed by atoms with Gasteiger partial charge in [0.15, 0.2) is 0 Å². The molecule has 1 N–H and O–H groups in total. The molecule has 3 nitrogen and oxygen atoms in total. The minimum Gasteiger partial charge on any atom is -0.477 e. The van der Waals surface area contributed by atoms with E-state index in [4.69, 9.17) is 16.7 Å². The fraction of sp³-hybridized carbons (Fsp3) is 0.214. The Morgan fingerprint density at radius 1 is 1.39 bits per heavy atom. The number of aromatic carboxylic acids is 1. The fourth-order valence-corrected chi connectivity index (χ4v) is 2.24. The fourth-order valence-electron chi connectivity index (χ4n) is 2.04. The molecule has 0 aliphatic heterocycles. The standard InChI is InChI=1S/C14H14ClNO2/c1-3-10-4-5-12(6-9(10)2)16-8-11(15)7-13(16)14(17)18/h4-8H,3H2,1-2H3,(H,17,18). The average molecular weight is 264 g/mol. The van der Waals surface area contributed by atoms with Crippen LogP contribution in [-0.4, -0.2) is 15.6 Å². The number of nitrogens with zero attached hydrogens (tertiary/aromatic N) is 1. The maximum atomic E-state index is 11.1. The molecule has 2 aromatic rings. The molecule has 94 valence electrons. The summed E-state index contributed by atoms with van der Waals surface area (Å²) in [4.78, 5) is 11.1. The van der Waals surface area contributed by atoms with Crippen LogP contribution in [0.1, 0.15) is 28.5 Å². The number of aryl methyl sites for hydroxylation is 2. The summed E-state index contributed by atoms with van der Waals surface area (Å²) in [5.74, 6) is -0.987. The quantitative estimate of drug-likeness (QED) is 0.917. The van der Waals surface area contributed by atoms with E-state index in [0.29, 0.717) is 5.02 Å². The van der Waals surface area contributed by atoms with Gasteiger partial charge in [-0.15, -0.1) is 0 Å². The van der Waals surface area contributed by atoms with E-state index in [-0.39, 0.29) is 5.69 Å². The maximum absolute atomic E-state index is 11.1. The van der Waals surface area contributed by atoms with Crippen LogP contribution in [0.5, 0.6) is 0 Å². The molecule has 0 saturated carbocycles. The summed E-state index contributed by atoms with van der Waals surface area (Å²) in [5.41, 5.74) is 3.39. The van der Waals surface area contributed by atoms with Gasteiger partial charge in [-0.25, -0.2) is 4.79 Å². The average Bonchev–Trinajstić information content (AvgIpc) is 2.71. The lowest BCUT2D eigenvalue weighted by molar-refractivity contribution is 0.0688. The van der Waals surface area contributed by atoms with Crippen LogP contribution in [0, 0.1) is 6.92 Å². The molecule has 0 amide bonds. The highest BCUT2D eigenvalue weighted by Gasteiger charge is 2.13. The van der Waals surface area contributed by atoms with E-state index < -0.39 is 5.97 Å². The largest absolute Gasteiger partial charge is 0.477 e. The smallest absolute Gasteiger partial charge is 0.352 e. The van der Waals surface area contributed by atoms with Gasteiger partial charge in [-0.3, -0.25) is 0 Å². The Labute approximate surface area is 111 Å². The lowest BCUT2D eigenvalue weighted by Gasteiger charge is -2.09. The van der Waals surface area contributed by atoms with Crippen molar-refractivity contribution in [2.75, 3.05) is 0 Å². The van der Waals surface area contributed by atoms with Crippen LogP contribution in [0.4, 0.5) is 0 Å². The predicted octanol–water partition coefficient (Wildman–Crippen LogP) is 3.70. The molecular weight excluding hydrogens is 250 g/mol. The van der Waals surface area contributed by atoms with Gasteiger partial charge in [0, 0.05) is 11.9 Å². The second kappa shape index (κ2) is 4.86. The molecule has 0 unspecified atom stereocenters. The third-order valence-electron chi connectivity index (χ3n) is 2.99. The van der Waals surface area contributed by atoms with Crippen molar-refractivity contribution in [3.8, 4) is 5.69 Å². The van der Waals surface area contributed by atoms with Crippen molar-refractivity contribution < 1.29 is 9.90 Å². The minimum absolute atomic E-state index is 0.170. The zero-order valence-electron chi connectivity index (χ0n) is 10.3. The number of carboxylic acids is 1. The van der Waals surface area contributed by atoms with Gasteiger partial charge in [-0.05, 0) is 42.7 Å². The number of hydrogen-bond acceptors (Lipinski definition) is 1. The molecule has 0 spiro atoms. The summed E-state index contributed by atoms with van der Waals surface area (Å²) in [7, 11) is 0. The molecule has 1 aromatic carbocycles. The topological polar surface area (TPSA) is 42.2 Å².